The van der Waals surface area contributed by atoms with Crippen LogP contribution in [0.25, 0.3) is 5.57 Å². The summed E-state index contributed by atoms with van der Waals surface area (Å²) in [6.07, 6.45) is 1.54. The molecular weight excluding hydrogens is 430 g/mol. The maximum absolute atomic E-state index is 13.6. The first kappa shape index (κ1) is 22.0. The molecule has 7 nitrogen and oxygen atoms in total. The zero-order valence-electron chi connectivity index (χ0n) is 19.1. The molecular formula is C27H27N3O4. The summed E-state index contributed by atoms with van der Waals surface area (Å²) in [6, 6.07) is 21.2. The van der Waals surface area contributed by atoms with Gasteiger partial charge in [0.15, 0.2) is 0 Å². The molecule has 1 aromatic heterocycles. The van der Waals surface area contributed by atoms with Crippen molar-refractivity contribution in [3.05, 3.63) is 95.6 Å². The molecule has 0 N–H and O–H groups in total. The fourth-order valence-corrected chi connectivity index (χ4v) is 4.62. The summed E-state index contributed by atoms with van der Waals surface area (Å²) in [5.41, 5.74) is 2.74. The number of amides is 2. The molecule has 2 amide bonds. The summed E-state index contributed by atoms with van der Waals surface area (Å²) in [5, 5.41) is 0. The van der Waals surface area contributed by atoms with Gasteiger partial charge in [0.25, 0.3) is 11.8 Å². The van der Waals surface area contributed by atoms with Crippen molar-refractivity contribution in [1.82, 2.24) is 14.7 Å². The maximum Gasteiger partial charge on any atom is 0.278 e. The van der Waals surface area contributed by atoms with Gasteiger partial charge in [-0.15, -0.1) is 0 Å². The molecule has 2 aliphatic rings. The number of piperazine rings is 1. The Morgan fingerprint density at radius 3 is 2.26 bits per heavy atom. The number of para-hydroxylation sites is 1. The van der Waals surface area contributed by atoms with Crippen LogP contribution in [0, 0.1) is 0 Å². The van der Waals surface area contributed by atoms with Gasteiger partial charge < -0.3 is 14.1 Å². The molecule has 3 aromatic rings. The molecule has 0 bridgehead atoms. The molecule has 0 atom stereocenters. The van der Waals surface area contributed by atoms with Gasteiger partial charge in [0.2, 0.25) is 0 Å². The molecule has 0 unspecified atom stereocenters. The van der Waals surface area contributed by atoms with Gasteiger partial charge in [-0.1, -0.05) is 48.5 Å². The van der Waals surface area contributed by atoms with Crippen LogP contribution in [0.5, 0.6) is 5.75 Å². The monoisotopic (exact) mass is 457 g/mol. The van der Waals surface area contributed by atoms with Gasteiger partial charge >= 0.3 is 0 Å². The first-order valence-corrected chi connectivity index (χ1v) is 11.4. The lowest BCUT2D eigenvalue weighted by Gasteiger charge is -2.36. The largest absolute Gasteiger partial charge is 0.496 e. The summed E-state index contributed by atoms with van der Waals surface area (Å²) in [5.74, 6) is 0.514. The van der Waals surface area contributed by atoms with Crippen LogP contribution in [0.3, 0.4) is 0 Å². The number of carbonyl (C=O) groups excluding carboxylic acids is 2. The Kier molecular flexibility index (Phi) is 6.18. The van der Waals surface area contributed by atoms with Crippen LogP contribution in [0.15, 0.2) is 83.1 Å². The highest BCUT2D eigenvalue weighted by Crippen LogP contribution is 2.37. The number of carbonyl (C=O) groups is 2. The van der Waals surface area contributed by atoms with Crippen molar-refractivity contribution in [1.29, 1.82) is 0 Å². The summed E-state index contributed by atoms with van der Waals surface area (Å²) in [4.78, 5) is 32.9. The molecule has 2 aliphatic heterocycles. The Labute approximate surface area is 198 Å². The van der Waals surface area contributed by atoms with Gasteiger partial charge in [-0.2, -0.15) is 0 Å². The molecule has 7 heteroatoms. The summed E-state index contributed by atoms with van der Waals surface area (Å²) in [6.45, 7) is 3.89. The van der Waals surface area contributed by atoms with Gasteiger partial charge in [0, 0.05) is 38.3 Å². The number of furan rings is 1. The molecule has 34 heavy (non-hydrogen) atoms. The third-order valence-corrected chi connectivity index (χ3v) is 6.35. The molecule has 0 spiro atoms. The van der Waals surface area contributed by atoms with Crippen LogP contribution in [0.1, 0.15) is 16.9 Å². The highest BCUT2D eigenvalue weighted by molar-refractivity contribution is 6.35. The third kappa shape index (κ3) is 4.22. The number of imide groups is 1. The zero-order chi connectivity index (χ0) is 23.5. The fourth-order valence-electron chi connectivity index (χ4n) is 4.62. The van der Waals surface area contributed by atoms with E-state index in [1.165, 1.54) is 10.5 Å². The van der Waals surface area contributed by atoms with E-state index in [4.69, 9.17) is 9.15 Å². The lowest BCUT2D eigenvalue weighted by Crippen LogP contribution is -2.47. The smallest absolute Gasteiger partial charge is 0.278 e. The number of rotatable bonds is 7. The Bertz CT molecular complexity index is 1200. The highest BCUT2D eigenvalue weighted by Gasteiger charge is 2.43. The van der Waals surface area contributed by atoms with Crippen molar-refractivity contribution in [2.24, 2.45) is 0 Å². The average Bonchev–Trinajstić information content (AvgIpc) is 3.47. The Balaban J connectivity index is 1.43. The Morgan fingerprint density at radius 1 is 0.824 bits per heavy atom. The van der Waals surface area contributed by atoms with E-state index in [1.807, 2.05) is 47.4 Å². The minimum atomic E-state index is -0.326. The number of ether oxygens (including phenoxy) is 1. The standard InChI is InChI=1S/C27H27N3O4/c1-33-23-12-6-5-11-22(23)24-25(27(32)30(26(24)31)19-21-10-7-17-34-21)29-15-13-28(14-16-29)18-20-8-3-2-4-9-20/h2-12,17H,13-16,18-19H2,1H3. The van der Waals surface area contributed by atoms with Crippen LogP contribution in [0.4, 0.5) is 0 Å². The van der Waals surface area contributed by atoms with Crippen LogP contribution in [-0.2, 0) is 22.7 Å². The van der Waals surface area contributed by atoms with E-state index in [2.05, 4.69) is 17.0 Å². The molecule has 3 heterocycles. The molecule has 1 saturated heterocycles. The zero-order valence-corrected chi connectivity index (χ0v) is 19.1. The van der Waals surface area contributed by atoms with Crippen molar-refractivity contribution in [2.45, 2.75) is 13.1 Å². The maximum atomic E-state index is 13.6. The van der Waals surface area contributed by atoms with Gasteiger partial charge in [-0.25, -0.2) is 0 Å². The number of hydrogen-bond acceptors (Lipinski definition) is 6. The average molecular weight is 458 g/mol. The predicted octanol–water partition coefficient (Wildman–Crippen LogP) is 3.39. The van der Waals surface area contributed by atoms with E-state index in [9.17, 15) is 9.59 Å². The number of nitrogens with zero attached hydrogens (tertiary/aromatic N) is 3. The number of benzene rings is 2. The molecule has 5 rings (SSSR count). The minimum absolute atomic E-state index is 0.0980. The Morgan fingerprint density at radius 2 is 1.56 bits per heavy atom. The summed E-state index contributed by atoms with van der Waals surface area (Å²) < 4.78 is 11.0. The van der Waals surface area contributed by atoms with E-state index in [0.29, 0.717) is 41.4 Å². The van der Waals surface area contributed by atoms with E-state index in [-0.39, 0.29) is 18.4 Å². The third-order valence-electron chi connectivity index (χ3n) is 6.35. The predicted molar refractivity (Wildman–Crippen MR) is 127 cm³/mol. The molecule has 0 saturated carbocycles. The molecule has 174 valence electrons. The second kappa shape index (κ2) is 9.57. The number of methoxy groups -OCH3 is 1. The quantitative estimate of drug-likeness (QED) is 0.507. The van der Waals surface area contributed by atoms with E-state index < -0.39 is 0 Å². The molecule has 2 aromatic carbocycles. The van der Waals surface area contributed by atoms with Gasteiger partial charge in [-0.05, 0) is 23.8 Å². The van der Waals surface area contributed by atoms with Crippen molar-refractivity contribution < 1.29 is 18.7 Å². The van der Waals surface area contributed by atoms with Gasteiger partial charge in [0.1, 0.15) is 17.2 Å². The first-order valence-electron chi connectivity index (χ1n) is 11.4. The first-order chi connectivity index (χ1) is 16.7. The molecule has 0 radical (unpaired) electrons. The van der Waals surface area contributed by atoms with Gasteiger partial charge in [0.05, 0.1) is 25.5 Å². The van der Waals surface area contributed by atoms with Gasteiger partial charge in [-0.3, -0.25) is 19.4 Å². The van der Waals surface area contributed by atoms with E-state index >= 15 is 0 Å². The van der Waals surface area contributed by atoms with Crippen LogP contribution < -0.4 is 4.74 Å². The lowest BCUT2D eigenvalue weighted by atomic mass is 10.0. The van der Waals surface area contributed by atoms with Crippen molar-refractivity contribution in [3.8, 4) is 5.75 Å². The van der Waals surface area contributed by atoms with E-state index in [1.54, 1.807) is 25.5 Å². The van der Waals surface area contributed by atoms with Crippen molar-refractivity contribution in [2.75, 3.05) is 33.3 Å². The second-order valence-electron chi connectivity index (χ2n) is 8.45. The molecule has 0 aliphatic carbocycles. The fraction of sp³-hybridized carbons (Fsp3) is 0.259. The minimum Gasteiger partial charge on any atom is -0.496 e. The SMILES string of the molecule is COc1ccccc1C1=C(N2CCN(Cc3ccccc3)CC2)C(=O)N(Cc2ccco2)C1=O. The summed E-state index contributed by atoms with van der Waals surface area (Å²) >= 11 is 0. The normalized spacial score (nSPS) is 17.1. The van der Waals surface area contributed by atoms with Crippen LogP contribution >= 0.6 is 0 Å². The Hall–Kier alpha value is -3.84. The lowest BCUT2D eigenvalue weighted by molar-refractivity contribution is -0.138. The highest BCUT2D eigenvalue weighted by atomic mass is 16.5. The topological polar surface area (TPSA) is 66.2 Å². The van der Waals surface area contributed by atoms with E-state index in [0.717, 1.165) is 19.6 Å². The van der Waals surface area contributed by atoms with Crippen LogP contribution in [-0.4, -0.2) is 59.8 Å². The number of hydrogen-bond donors (Lipinski definition) is 0. The van der Waals surface area contributed by atoms with Crippen LogP contribution in [0.2, 0.25) is 0 Å². The van der Waals surface area contributed by atoms with Crippen molar-refractivity contribution >= 4 is 17.4 Å². The van der Waals surface area contributed by atoms with Crippen molar-refractivity contribution in [3.63, 3.8) is 0 Å². The molecule has 1 fully saturated rings. The second-order valence-corrected chi connectivity index (χ2v) is 8.45. The summed E-state index contributed by atoms with van der Waals surface area (Å²) in [7, 11) is 1.57.